The van der Waals surface area contributed by atoms with Gasteiger partial charge in [-0.05, 0) is 51.5 Å². The first-order valence-corrected chi connectivity index (χ1v) is 12.7. The van der Waals surface area contributed by atoms with E-state index in [1.54, 1.807) is 4.40 Å². The number of nitrogens with one attached hydrogen (secondary N) is 1. The third-order valence-corrected chi connectivity index (χ3v) is 7.14. The molecule has 0 saturated heterocycles. The Morgan fingerprint density at radius 2 is 1.78 bits per heavy atom. The third kappa shape index (κ3) is 4.47. The van der Waals surface area contributed by atoms with E-state index in [9.17, 15) is 9.59 Å². The smallest absolute Gasteiger partial charge is 0.268 e. The second kappa shape index (κ2) is 9.54. The van der Waals surface area contributed by atoms with Crippen LogP contribution in [0.15, 0.2) is 70.8 Å². The SMILES string of the molecule is Cc1ccc(-n2nc(-c3c(C)nc4scc(CC(=O)NC(C)c5ccccc5)n4c3=O)cc2C)cc1. The molecule has 3 aromatic heterocycles. The lowest BCUT2D eigenvalue weighted by molar-refractivity contribution is -0.121. The molecule has 0 aliphatic carbocycles. The molecular weight excluding hydrogens is 470 g/mol. The van der Waals surface area contributed by atoms with Gasteiger partial charge in [-0.2, -0.15) is 5.10 Å². The fraction of sp³-hybridized carbons (Fsp3) is 0.214. The molecule has 3 heterocycles. The van der Waals surface area contributed by atoms with E-state index >= 15 is 0 Å². The van der Waals surface area contributed by atoms with Crippen LogP contribution in [0.1, 0.15) is 41.2 Å². The van der Waals surface area contributed by atoms with E-state index in [1.807, 2.05) is 98.4 Å². The van der Waals surface area contributed by atoms with Crippen molar-refractivity contribution in [2.24, 2.45) is 0 Å². The summed E-state index contributed by atoms with van der Waals surface area (Å²) in [6.45, 7) is 7.77. The maximum atomic E-state index is 13.7. The highest BCUT2D eigenvalue weighted by Crippen LogP contribution is 2.24. The van der Waals surface area contributed by atoms with E-state index in [0.29, 0.717) is 27.6 Å². The van der Waals surface area contributed by atoms with Crippen LogP contribution in [0.4, 0.5) is 0 Å². The highest BCUT2D eigenvalue weighted by atomic mass is 32.1. The molecule has 1 atom stereocenters. The standard InChI is InChI=1S/C28H27N5O2S/c1-17-10-12-22(13-11-17)33-18(2)14-24(31-33)26-20(4)30-28-32(27(26)35)23(16-36-28)15-25(34)29-19(3)21-8-6-5-7-9-21/h5-14,16,19H,15H2,1-4H3,(H,29,34). The monoisotopic (exact) mass is 497 g/mol. The largest absolute Gasteiger partial charge is 0.349 e. The van der Waals surface area contributed by atoms with E-state index in [4.69, 9.17) is 5.10 Å². The lowest BCUT2D eigenvalue weighted by Gasteiger charge is -2.14. The Labute approximate surface area is 213 Å². The fourth-order valence-corrected chi connectivity index (χ4v) is 5.28. The molecule has 182 valence electrons. The van der Waals surface area contributed by atoms with Gasteiger partial charge in [0, 0.05) is 16.8 Å². The Morgan fingerprint density at radius 3 is 2.50 bits per heavy atom. The Balaban J connectivity index is 1.48. The molecule has 1 N–H and O–H groups in total. The van der Waals surface area contributed by atoms with Crippen molar-refractivity contribution in [2.45, 2.75) is 40.2 Å². The summed E-state index contributed by atoms with van der Waals surface area (Å²) in [4.78, 5) is 31.8. The number of fused-ring (bicyclic) bond motifs is 1. The molecular formula is C28H27N5O2S. The first-order chi connectivity index (χ1) is 17.3. The first kappa shape index (κ1) is 23.7. The lowest BCUT2D eigenvalue weighted by Crippen LogP contribution is -2.29. The van der Waals surface area contributed by atoms with Crippen molar-refractivity contribution in [3.8, 4) is 16.9 Å². The predicted octanol–water partition coefficient (Wildman–Crippen LogP) is 4.95. The number of carbonyl (C=O) groups is 1. The van der Waals surface area contributed by atoms with Gasteiger partial charge in [0.25, 0.3) is 5.56 Å². The van der Waals surface area contributed by atoms with Crippen molar-refractivity contribution in [3.63, 3.8) is 0 Å². The highest BCUT2D eigenvalue weighted by Gasteiger charge is 2.20. The summed E-state index contributed by atoms with van der Waals surface area (Å²) in [5, 5.41) is 9.60. The Morgan fingerprint density at radius 1 is 1.06 bits per heavy atom. The summed E-state index contributed by atoms with van der Waals surface area (Å²) in [6, 6.07) is 19.6. The zero-order chi connectivity index (χ0) is 25.4. The molecule has 8 heteroatoms. The van der Waals surface area contributed by atoms with Gasteiger partial charge in [-0.15, -0.1) is 11.3 Å². The topological polar surface area (TPSA) is 81.3 Å². The van der Waals surface area contributed by atoms with Crippen LogP contribution in [-0.4, -0.2) is 25.1 Å². The van der Waals surface area contributed by atoms with Crippen molar-refractivity contribution in [2.75, 3.05) is 0 Å². The molecule has 2 aromatic carbocycles. The number of carbonyl (C=O) groups excluding carboxylic acids is 1. The Bertz CT molecular complexity index is 1610. The van der Waals surface area contributed by atoms with Crippen LogP contribution >= 0.6 is 11.3 Å². The number of thiazole rings is 1. The first-order valence-electron chi connectivity index (χ1n) is 11.8. The minimum Gasteiger partial charge on any atom is -0.349 e. The van der Waals surface area contributed by atoms with Gasteiger partial charge in [0.05, 0.1) is 29.4 Å². The van der Waals surface area contributed by atoms with Gasteiger partial charge in [-0.3, -0.25) is 14.0 Å². The molecule has 0 aliphatic heterocycles. The van der Waals surface area contributed by atoms with Crippen LogP contribution in [0.25, 0.3) is 21.9 Å². The maximum Gasteiger partial charge on any atom is 0.268 e. The van der Waals surface area contributed by atoms with E-state index in [2.05, 4.69) is 10.3 Å². The minimum absolute atomic E-state index is 0.0814. The summed E-state index contributed by atoms with van der Waals surface area (Å²) < 4.78 is 3.37. The number of rotatable bonds is 6. The zero-order valence-electron chi connectivity index (χ0n) is 20.6. The quantitative estimate of drug-likeness (QED) is 0.360. The van der Waals surface area contributed by atoms with E-state index in [1.165, 1.54) is 16.9 Å². The van der Waals surface area contributed by atoms with Crippen LogP contribution < -0.4 is 10.9 Å². The number of amides is 1. The number of aromatic nitrogens is 4. The molecule has 1 amide bonds. The molecule has 1 unspecified atom stereocenters. The second-order valence-corrected chi connectivity index (χ2v) is 9.85. The van der Waals surface area contributed by atoms with Crippen LogP contribution in [0.2, 0.25) is 0 Å². The molecule has 0 saturated carbocycles. The molecule has 5 rings (SSSR count). The average Bonchev–Trinajstić information content (AvgIpc) is 3.43. The van der Waals surface area contributed by atoms with E-state index < -0.39 is 0 Å². The zero-order valence-corrected chi connectivity index (χ0v) is 21.5. The Kier molecular flexibility index (Phi) is 6.28. The van der Waals surface area contributed by atoms with E-state index in [0.717, 1.165) is 16.9 Å². The van der Waals surface area contributed by atoms with Gasteiger partial charge in [-0.1, -0.05) is 48.0 Å². The minimum atomic E-state index is -0.216. The predicted molar refractivity (Wildman–Crippen MR) is 143 cm³/mol. The summed E-state index contributed by atoms with van der Waals surface area (Å²) in [6.07, 6.45) is 0.0814. The average molecular weight is 498 g/mol. The van der Waals surface area contributed by atoms with Gasteiger partial charge < -0.3 is 5.32 Å². The van der Waals surface area contributed by atoms with Gasteiger partial charge in [0.15, 0.2) is 4.96 Å². The number of benzene rings is 2. The van der Waals surface area contributed by atoms with Crippen LogP contribution in [0, 0.1) is 20.8 Å². The normalized spacial score (nSPS) is 12.1. The summed E-state index contributed by atoms with van der Waals surface area (Å²) in [5.41, 5.74) is 6.05. The van der Waals surface area contributed by atoms with Crippen molar-refractivity contribution in [3.05, 3.63) is 105 Å². The lowest BCUT2D eigenvalue weighted by atomic mass is 10.1. The summed E-state index contributed by atoms with van der Waals surface area (Å²) in [5.74, 6) is -0.153. The molecule has 36 heavy (non-hydrogen) atoms. The molecule has 0 aliphatic rings. The number of hydrogen-bond donors (Lipinski definition) is 1. The van der Waals surface area contributed by atoms with Gasteiger partial charge in [-0.25, -0.2) is 9.67 Å². The molecule has 7 nitrogen and oxygen atoms in total. The third-order valence-electron chi connectivity index (χ3n) is 6.26. The van der Waals surface area contributed by atoms with Gasteiger partial charge in [0.2, 0.25) is 5.91 Å². The van der Waals surface area contributed by atoms with E-state index in [-0.39, 0.29) is 23.9 Å². The van der Waals surface area contributed by atoms with Gasteiger partial charge in [0.1, 0.15) is 5.69 Å². The van der Waals surface area contributed by atoms with Crippen LogP contribution in [0.5, 0.6) is 0 Å². The number of hydrogen-bond acceptors (Lipinski definition) is 5. The van der Waals surface area contributed by atoms with Gasteiger partial charge >= 0.3 is 0 Å². The van der Waals surface area contributed by atoms with Crippen molar-refractivity contribution >= 4 is 22.2 Å². The summed E-state index contributed by atoms with van der Waals surface area (Å²) >= 11 is 1.36. The molecule has 0 radical (unpaired) electrons. The number of aryl methyl sites for hydroxylation is 3. The fourth-order valence-electron chi connectivity index (χ4n) is 4.35. The molecule has 0 bridgehead atoms. The summed E-state index contributed by atoms with van der Waals surface area (Å²) in [7, 11) is 0. The van der Waals surface area contributed by atoms with Crippen molar-refractivity contribution in [1.82, 2.24) is 24.5 Å². The molecule has 0 spiro atoms. The van der Waals surface area contributed by atoms with Crippen molar-refractivity contribution in [1.29, 1.82) is 0 Å². The molecule has 0 fully saturated rings. The maximum absolute atomic E-state index is 13.7. The van der Waals surface area contributed by atoms with Crippen LogP contribution in [-0.2, 0) is 11.2 Å². The number of nitrogens with zero attached hydrogens (tertiary/aromatic N) is 4. The second-order valence-electron chi connectivity index (χ2n) is 9.02. The Hall–Kier alpha value is -4.04. The van der Waals surface area contributed by atoms with Crippen molar-refractivity contribution < 1.29 is 4.79 Å². The molecule has 5 aromatic rings. The highest BCUT2D eigenvalue weighted by molar-refractivity contribution is 7.15. The van der Waals surface area contributed by atoms with Crippen LogP contribution in [0.3, 0.4) is 0 Å².